The lowest BCUT2D eigenvalue weighted by Gasteiger charge is -2.36. The summed E-state index contributed by atoms with van der Waals surface area (Å²) in [6.45, 7) is 4.71. The maximum Gasteiger partial charge on any atom is 0.244 e. The molecule has 0 aliphatic carbocycles. The fourth-order valence-electron chi connectivity index (χ4n) is 3.49. The third kappa shape index (κ3) is 3.97. The molecule has 1 fully saturated rings. The highest BCUT2D eigenvalue weighted by molar-refractivity contribution is 6.33. The molecule has 0 N–H and O–H groups in total. The molecule has 1 aromatic carbocycles. The third-order valence-electron chi connectivity index (χ3n) is 5.26. The van der Waals surface area contributed by atoms with E-state index in [1.54, 1.807) is 34.9 Å². The van der Waals surface area contributed by atoms with Crippen LogP contribution in [0.4, 0.5) is 5.69 Å². The minimum Gasteiger partial charge on any atom is -0.495 e. The van der Waals surface area contributed by atoms with E-state index in [0.717, 1.165) is 24.5 Å². The number of anilines is 1. The van der Waals surface area contributed by atoms with Crippen molar-refractivity contribution >= 4 is 34.8 Å². The quantitative estimate of drug-likeness (QED) is 0.599. The second-order valence-electron chi connectivity index (χ2n) is 7.02. The first-order valence-electron chi connectivity index (χ1n) is 9.57. The number of rotatable bonds is 5. The van der Waals surface area contributed by atoms with Crippen LogP contribution in [0, 0.1) is 6.92 Å². The van der Waals surface area contributed by atoms with Gasteiger partial charge in [-0.05, 0) is 25.1 Å². The third-order valence-corrected chi connectivity index (χ3v) is 6.01. The number of carbonyl (C=O) groups is 1. The molecule has 3 heterocycles. The van der Waals surface area contributed by atoms with Crippen molar-refractivity contribution in [3.8, 4) is 11.6 Å². The minimum absolute atomic E-state index is 0.0117. The molecule has 30 heavy (non-hydrogen) atoms. The van der Waals surface area contributed by atoms with Crippen molar-refractivity contribution in [1.29, 1.82) is 0 Å². The van der Waals surface area contributed by atoms with Crippen LogP contribution < -0.4 is 9.64 Å². The lowest BCUT2D eigenvalue weighted by Crippen LogP contribution is -2.49. The predicted molar refractivity (Wildman–Crippen MR) is 116 cm³/mol. The van der Waals surface area contributed by atoms with Crippen molar-refractivity contribution in [2.24, 2.45) is 0 Å². The zero-order valence-corrected chi connectivity index (χ0v) is 18.3. The van der Waals surface area contributed by atoms with Gasteiger partial charge in [0.1, 0.15) is 17.3 Å². The van der Waals surface area contributed by atoms with Crippen LogP contribution in [-0.2, 0) is 11.3 Å². The summed E-state index contributed by atoms with van der Waals surface area (Å²) in [7, 11) is 1.60. The average Bonchev–Trinajstić information content (AvgIpc) is 3.38. The number of halogens is 2. The molecule has 1 amide bonds. The van der Waals surface area contributed by atoms with E-state index in [0.29, 0.717) is 34.7 Å². The Balaban J connectivity index is 1.40. The van der Waals surface area contributed by atoms with Gasteiger partial charge in [0.15, 0.2) is 5.82 Å². The highest BCUT2D eigenvalue weighted by atomic mass is 35.5. The molecule has 8 nitrogen and oxygen atoms in total. The number of hydrogen-bond acceptors (Lipinski definition) is 5. The first-order valence-corrected chi connectivity index (χ1v) is 10.3. The van der Waals surface area contributed by atoms with Gasteiger partial charge < -0.3 is 14.5 Å². The smallest absolute Gasteiger partial charge is 0.244 e. The van der Waals surface area contributed by atoms with Crippen molar-refractivity contribution in [3.05, 3.63) is 52.4 Å². The monoisotopic (exact) mass is 448 g/mol. The first kappa shape index (κ1) is 20.6. The van der Waals surface area contributed by atoms with Crippen molar-refractivity contribution in [1.82, 2.24) is 24.5 Å². The second-order valence-corrected chi connectivity index (χ2v) is 7.80. The van der Waals surface area contributed by atoms with E-state index in [4.69, 9.17) is 27.9 Å². The van der Waals surface area contributed by atoms with Crippen LogP contribution in [0.1, 0.15) is 5.69 Å². The van der Waals surface area contributed by atoms with E-state index in [1.807, 2.05) is 30.0 Å². The van der Waals surface area contributed by atoms with Crippen molar-refractivity contribution < 1.29 is 9.53 Å². The summed E-state index contributed by atoms with van der Waals surface area (Å²) in [4.78, 5) is 16.9. The van der Waals surface area contributed by atoms with Gasteiger partial charge in [-0.1, -0.05) is 23.2 Å². The van der Waals surface area contributed by atoms with E-state index in [1.165, 1.54) is 0 Å². The topological polar surface area (TPSA) is 68.4 Å². The highest BCUT2D eigenvalue weighted by Gasteiger charge is 2.24. The van der Waals surface area contributed by atoms with E-state index in [2.05, 4.69) is 15.1 Å². The molecule has 1 aliphatic heterocycles. The molecule has 2 aromatic heterocycles. The van der Waals surface area contributed by atoms with Crippen LogP contribution in [0.25, 0.3) is 5.82 Å². The lowest BCUT2D eigenvalue weighted by atomic mass is 10.2. The standard InChI is InChI=1S/C20H22Cl2N6O2/c1-14-19(22)20(27-7-3-6-23-27)24-28(14)13-18(29)26-10-8-25(9-11-26)15-4-5-16(21)17(12-15)30-2/h3-7,12H,8-11,13H2,1-2H3. The predicted octanol–water partition coefficient (Wildman–Crippen LogP) is 3.04. The Hall–Kier alpha value is -2.71. The molecular formula is C20H22Cl2N6O2. The molecule has 4 rings (SSSR count). The number of carbonyl (C=O) groups excluding carboxylic acids is 1. The van der Waals surface area contributed by atoms with Crippen LogP contribution in [0.2, 0.25) is 10.0 Å². The Morgan fingerprint density at radius 1 is 1.20 bits per heavy atom. The van der Waals surface area contributed by atoms with Gasteiger partial charge in [-0.15, -0.1) is 0 Å². The van der Waals surface area contributed by atoms with Crippen molar-refractivity contribution in [2.45, 2.75) is 13.5 Å². The number of amides is 1. The maximum atomic E-state index is 12.9. The molecule has 1 saturated heterocycles. The molecule has 0 bridgehead atoms. The molecule has 0 unspecified atom stereocenters. The summed E-state index contributed by atoms with van der Waals surface area (Å²) in [6, 6.07) is 7.51. The summed E-state index contributed by atoms with van der Waals surface area (Å²) in [6.07, 6.45) is 3.43. The van der Waals surface area contributed by atoms with Crippen LogP contribution in [0.3, 0.4) is 0 Å². The van der Waals surface area contributed by atoms with Gasteiger partial charge in [-0.2, -0.15) is 10.2 Å². The number of nitrogens with zero attached hydrogens (tertiary/aromatic N) is 6. The van der Waals surface area contributed by atoms with Gasteiger partial charge in [0.05, 0.1) is 17.8 Å². The fraction of sp³-hybridized carbons (Fsp3) is 0.350. The molecule has 0 spiro atoms. The molecular weight excluding hydrogens is 427 g/mol. The summed E-state index contributed by atoms with van der Waals surface area (Å²) in [5.41, 5.74) is 1.77. The molecule has 3 aromatic rings. The fourth-order valence-corrected chi connectivity index (χ4v) is 3.91. The number of hydrogen-bond donors (Lipinski definition) is 0. The molecule has 0 saturated carbocycles. The first-order chi connectivity index (χ1) is 14.5. The molecule has 0 radical (unpaired) electrons. The van der Waals surface area contributed by atoms with Crippen LogP contribution in [-0.4, -0.2) is 63.7 Å². The number of benzene rings is 1. The van der Waals surface area contributed by atoms with Crippen LogP contribution >= 0.6 is 23.2 Å². The van der Waals surface area contributed by atoms with Gasteiger partial charge in [0.25, 0.3) is 0 Å². The summed E-state index contributed by atoms with van der Waals surface area (Å²) >= 11 is 12.5. The van der Waals surface area contributed by atoms with Gasteiger partial charge in [0.2, 0.25) is 5.91 Å². The van der Waals surface area contributed by atoms with E-state index >= 15 is 0 Å². The van der Waals surface area contributed by atoms with Gasteiger partial charge in [-0.3, -0.25) is 9.48 Å². The van der Waals surface area contributed by atoms with Gasteiger partial charge in [0, 0.05) is 50.3 Å². The Kier molecular flexibility index (Phi) is 5.87. The SMILES string of the molecule is COc1cc(N2CCN(C(=O)Cn3nc(-n4cccn4)c(Cl)c3C)CC2)ccc1Cl. The molecule has 158 valence electrons. The summed E-state index contributed by atoms with van der Waals surface area (Å²) in [5, 5.41) is 9.72. The normalized spacial score (nSPS) is 14.3. The number of aromatic nitrogens is 4. The van der Waals surface area contributed by atoms with E-state index in [-0.39, 0.29) is 12.5 Å². The Bertz CT molecular complexity index is 1040. The van der Waals surface area contributed by atoms with Gasteiger partial charge in [-0.25, -0.2) is 4.68 Å². The minimum atomic E-state index is 0.0117. The van der Waals surface area contributed by atoms with Gasteiger partial charge >= 0.3 is 0 Å². The van der Waals surface area contributed by atoms with Crippen molar-refractivity contribution in [2.75, 3.05) is 38.2 Å². The summed E-state index contributed by atoms with van der Waals surface area (Å²) in [5.74, 6) is 1.18. The van der Waals surface area contributed by atoms with Crippen LogP contribution in [0.15, 0.2) is 36.7 Å². The largest absolute Gasteiger partial charge is 0.495 e. The number of methoxy groups -OCH3 is 1. The van der Waals surface area contributed by atoms with Crippen LogP contribution in [0.5, 0.6) is 5.75 Å². The summed E-state index contributed by atoms with van der Waals surface area (Å²) < 4.78 is 8.53. The molecule has 1 aliphatic rings. The molecule has 10 heteroatoms. The van der Waals surface area contributed by atoms with E-state index < -0.39 is 0 Å². The Labute approximate surface area is 184 Å². The van der Waals surface area contributed by atoms with E-state index in [9.17, 15) is 4.79 Å². The highest BCUT2D eigenvalue weighted by Crippen LogP contribution is 2.30. The van der Waals surface area contributed by atoms with Crippen molar-refractivity contribution in [3.63, 3.8) is 0 Å². The molecule has 0 atom stereocenters. The second kappa shape index (κ2) is 8.57. The zero-order valence-electron chi connectivity index (χ0n) is 16.8. The maximum absolute atomic E-state index is 12.9. The number of ether oxygens (including phenoxy) is 1. The number of piperazine rings is 1. The Morgan fingerprint density at radius 3 is 2.63 bits per heavy atom. The average molecular weight is 449 g/mol. The lowest BCUT2D eigenvalue weighted by molar-refractivity contribution is -0.132. The zero-order chi connectivity index (χ0) is 21.3. The Morgan fingerprint density at radius 2 is 1.97 bits per heavy atom.